The predicted octanol–water partition coefficient (Wildman–Crippen LogP) is -7.20. The smallest absolute Gasteiger partial charge is 0.187 e. The highest BCUT2D eigenvalue weighted by Gasteiger charge is 2.51. The van der Waals surface area contributed by atoms with Crippen molar-refractivity contribution in [2.75, 3.05) is 33.0 Å². The van der Waals surface area contributed by atoms with Gasteiger partial charge in [0.1, 0.15) is 67.1 Å². The van der Waals surface area contributed by atoms with Crippen LogP contribution in [0.25, 0.3) is 0 Å². The van der Waals surface area contributed by atoms with E-state index in [-0.39, 0.29) is 26.2 Å². The lowest BCUT2D eigenvalue weighted by molar-refractivity contribution is -0.360. The molecule has 38 heavy (non-hydrogen) atoms. The van der Waals surface area contributed by atoms with Crippen LogP contribution in [0.4, 0.5) is 0 Å². The van der Waals surface area contributed by atoms with Crippen LogP contribution in [0.3, 0.4) is 0 Å². The molecule has 0 amide bonds. The number of rotatable bonds is 11. The second-order valence-electron chi connectivity index (χ2n) is 9.34. The summed E-state index contributed by atoms with van der Waals surface area (Å²) in [6, 6.07) is 0. The van der Waals surface area contributed by atoms with E-state index in [1.54, 1.807) is 0 Å². The molecule has 12 N–H and O–H groups in total. The molecule has 3 fully saturated rings. The number of hydrogen-bond acceptors (Lipinski definition) is 17. The summed E-state index contributed by atoms with van der Waals surface area (Å²) in [5, 5.41) is 101. The number of aliphatic hydroxyl groups is 10. The Hall–Kier alpha value is -0.680. The summed E-state index contributed by atoms with van der Waals surface area (Å²) in [5.41, 5.74) is 5.45. The maximum Gasteiger partial charge on any atom is 0.187 e. The molecule has 17 heteroatoms. The molecular weight excluding hydrogens is 522 g/mol. The van der Waals surface area contributed by atoms with E-state index >= 15 is 0 Å². The molecule has 3 rings (SSSR count). The first kappa shape index (κ1) is 31.8. The van der Waals surface area contributed by atoms with E-state index in [9.17, 15) is 51.1 Å². The van der Waals surface area contributed by atoms with Gasteiger partial charge < -0.3 is 85.2 Å². The monoisotopic (exact) mass is 561 g/mol. The van der Waals surface area contributed by atoms with Gasteiger partial charge >= 0.3 is 0 Å². The van der Waals surface area contributed by atoms with Crippen molar-refractivity contribution in [1.82, 2.24) is 0 Å². The summed E-state index contributed by atoms with van der Waals surface area (Å²) in [6.45, 7) is -1.60. The van der Waals surface area contributed by atoms with Crippen molar-refractivity contribution in [2.45, 2.75) is 98.5 Å². The number of aliphatic hydroxyl groups excluding tert-OH is 10. The second kappa shape index (κ2) is 14.3. The van der Waals surface area contributed by atoms with Crippen molar-refractivity contribution in [3.8, 4) is 0 Å². The minimum atomic E-state index is -1.80. The lowest BCUT2D eigenvalue weighted by Gasteiger charge is -2.46. The van der Waals surface area contributed by atoms with Crippen LogP contribution in [-0.4, -0.2) is 176 Å². The Bertz CT molecular complexity index is 704. The molecule has 0 aliphatic carbocycles. The standard InChI is InChI=1S/C21H39NO16/c22-2-4-34-20-17(32)18(38-21-16(31)14(29)11(26)9(6-24)37-21)12(27)7(35-20)1-3-33-19-15(30)13(28)10(25)8(5-23)36-19/h7-21,23-32H,1-6,22H2/t7-,8-,9-,10-,11-,12-,13+,14+,15+,16+,17+,18+,19+,20+,21-/m1/s1. The molecule has 0 aromatic heterocycles. The molecule has 224 valence electrons. The molecule has 0 aromatic rings. The Kier molecular flexibility index (Phi) is 12.0. The first-order chi connectivity index (χ1) is 18.0. The molecule has 0 aromatic carbocycles. The number of ether oxygens (including phenoxy) is 6. The summed E-state index contributed by atoms with van der Waals surface area (Å²) >= 11 is 0. The van der Waals surface area contributed by atoms with Crippen LogP contribution in [-0.2, 0) is 28.4 Å². The van der Waals surface area contributed by atoms with E-state index in [0.29, 0.717) is 0 Å². The number of hydrogen-bond donors (Lipinski definition) is 11. The van der Waals surface area contributed by atoms with Gasteiger partial charge in [0, 0.05) is 6.54 Å². The second-order valence-corrected chi connectivity index (χ2v) is 9.34. The zero-order valence-corrected chi connectivity index (χ0v) is 20.4. The fraction of sp³-hybridized carbons (Fsp3) is 1.00. The zero-order valence-electron chi connectivity index (χ0n) is 20.4. The van der Waals surface area contributed by atoms with Gasteiger partial charge in [-0.15, -0.1) is 0 Å². The van der Waals surface area contributed by atoms with Crippen LogP contribution in [0.1, 0.15) is 6.42 Å². The third-order valence-corrected chi connectivity index (χ3v) is 6.71. The van der Waals surface area contributed by atoms with Crippen LogP contribution in [0.15, 0.2) is 0 Å². The van der Waals surface area contributed by atoms with Gasteiger partial charge in [0.05, 0.1) is 32.5 Å². The molecule has 3 saturated heterocycles. The van der Waals surface area contributed by atoms with Gasteiger partial charge in [-0.2, -0.15) is 0 Å². The van der Waals surface area contributed by atoms with Crippen molar-refractivity contribution < 1.29 is 79.5 Å². The molecule has 0 unspecified atom stereocenters. The summed E-state index contributed by atoms with van der Waals surface area (Å²) < 4.78 is 32.6. The summed E-state index contributed by atoms with van der Waals surface area (Å²) in [7, 11) is 0. The third kappa shape index (κ3) is 6.96. The first-order valence-electron chi connectivity index (χ1n) is 12.3. The van der Waals surface area contributed by atoms with Gasteiger partial charge in [-0.05, 0) is 6.42 Å². The van der Waals surface area contributed by atoms with Gasteiger partial charge in [-0.1, -0.05) is 0 Å². The molecule has 3 aliphatic rings. The molecule has 0 radical (unpaired) electrons. The summed E-state index contributed by atoms with van der Waals surface area (Å²) in [4.78, 5) is 0. The van der Waals surface area contributed by atoms with Crippen molar-refractivity contribution in [3.05, 3.63) is 0 Å². The van der Waals surface area contributed by atoms with Crippen LogP contribution in [0.5, 0.6) is 0 Å². The molecule has 17 nitrogen and oxygen atoms in total. The topological polar surface area (TPSA) is 284 Å². The highest BCUT2D eigenvalue weighted by atomic mass is 16.7. The van der Waals surface area contributed by atoms with Crippen molar-refractivity contribution >= 4 is 0 Å². The minimum absolute atomic E-state index is 0.0430. The van der Waals surface area contributed by atoms with E-state index < -0.39 is 105 Å². The minimum Gasteiger partial charge on any atom is -0.394 e. The maximum absolute atomic E-state index is 10.9. The SMILES string of the molecule is NCCO[C@H]1O[C@H](CCO[C@H]2O[C@H](CO)[C@@H](O)[C@H](O)[C@@H]2O)[C@@H](O)[C@H](O[C@H]2O[C@H](CO)[C@@H](O)[C@H](O)[C@@H]2O)[C@@H]1O. The third-order valence-electron chi connectivity index (χ3n) is 6.71. The van der Waals surface area contributed by atoms with Crippen LogP contribution < -0.4 is 5.73 Å². The lowest BCUT2D eigenvalue weighted by atomic mass is 9.95. The zero-order chi connectivity index (χ0) is 28.1. The predicted molar refractivity (Wildman–Crippen MR) is 119 cm³/mol. The van der Waals surface area contributed by atoms with Gasteiger partial charge in [0.25, 0.3) is 0 Å². The van der Waals surface area contributed by atoms with E-state index in [0.717, 1.165) is 0 Å². The molecular formula is C21H39NO16. The average Bonchev–Trinajstić information content (AvgIpc) is 2.91. The maximum atomic E-state index is 10.9. The van der Waals surface area contributed by atoms with Crippen LogP contribution in [0, 0.1) is 0 Å². The summed E-state index contributed by atoms with van der Waals surface area (Å²) in [6.07, 6.45) is -23.0. The van der Waals surface area contributed by atoms with Crippen molar-refractivity contribution in [2.24, 2.45) is 5.73 Å². The van der Waals surface area contributed by atoms with Gasteiger partial charge in [-0.3, -0.25) is 0 Å². The Balaban J connectivity index is 1.67. The van der Waals surface area contributed by atoms with Gasteiger partial charge in [0.15, 0.2) is 18.9 Å². The molecule has 0 saturated carbocycles. The van der Waals surface area contributed by atoms with E-state index in [1.807, 2.05) is 0 Å². The Morgan fingerprint density at radius 2 is 1.00 bits per heavy atom. The fourth-order valence-corrected chi connectivity index (χ4v) is 4.46. The normalized spacial score (nSPS) is 48.2. The van der Waals surface area contributed by atoms with E-state index in [2.05, 4.69) is 0 Å². The van der Waals surface area contributed by atoms with E-state index in [4.69, 9.17) is 34.2 Å². The molecule has 3 heterocycles. The van der Waals surface area contributed by atoms with Crippen molar-refractivity contribution in [1.29, 1.82) is 0 Å². The Morgan fingerprint density at radius 3 is 1.55 bits per heavy atom. The first-order valence-corrected chi connectivity index (χ1v) is 12.3. The molecule has 15 atom stereocenters. The lowest BCUT2D eigenvalue weighted by Crippen LogP contribution is -2.64. The van der Waals surface area contributed by atoms with Crippen LogP contribution >= 0.6 is 0 Å². The molecule has 3 aliphatic heterocycles. The average molecular weight is 562 g/mol. The highest BCUT2D eigenvalue weighted by molar-refractivity contribution is 4.94. The van der Waals surface area contributed by atoms with Crippen LogP contribution in [0.2, 0.25) is 0 Å². The quantitative estimate of drug-likeness (QED) is 0.112. The molecule has 0 spiro atoms. The largest absolute Gasteiger partial charge is 0.394 e. The Labute approximate surface area is 217 Å². The fourth-order valence-electron chi connectivity index (χ4n) is 4.46. The van der Waals surface area contributed by atoms with Gasteiger partial charge in [0.2, 0.25) is 0 Å². The highest BCUT2D eigenvalue weighted by Crippen LogP contribution is 2.31. The molecule has 0 bridgehead atoms. The summed E-state index contributed by atoms with van der Waals surface area (Å²) in [5.74, 6) is 0. The van der Waals surface area contributed by atoms with Crippen molar-refractivity contribution in [3.63, 3.8) is 0 Å². The number of nitrogens with two attached hydrogens (primary N) is 1. The Morgan fingerprint density at radius 1 is 0.526 bits per heavy atom. The van der Waals surface area contributed by atoms with Gasteiger partial charge in [-0.25, -0.2) is 0 Å². The van der Waals surface area contributed by atoms with E-state index in [1.165, 1.54) is 0 Å².